The Bertz CT molecular complexity index is 430. The number of nitrogens with zero attached hydrogens (tertiary/aromatic N) is 2. The van der Waals surface area contributed by atoms with Gasteiger partial charge < -0.3 is 9.72 Å². The third-order valence-electron chi connectivity index (χ3n) is 3.14. The van der Waals surface area contributed by atoms with Gasteiger partial charge in [-0.05, 0) is 38.1 Å². The van der Waals surface area contributed by atoms with Crippen molar-refractivity contribution < 1.29 is 0 Å². The number of imidazole rings is 1. The summed E-state index contributed by atoms with van der Waals surface area (Å²) in [5.41, 5.74) is 2.31. The first-order valence-corrected chi connectivity index (χ1v) is 5.58. The first kappa shape index (κ1) is 14.3. The molecule has 1 saturated heterocycles. The summed E-state index contributed by atoms with van der Waals surface area (Å²) in [6, 6.07) is 6.14. The van der Waals surface area contributed by atoms with Crippen molar-refractivity contribution in [2.75, 3.05) is 13.1 Å². The summed E-state index contributed by atoms with van der Waals surface area (Å²) in [5, 5.41) is 3.38. The Labute approximate surface area is 113 Å². The molecule has 5 heteroatoms. The van der Waals surface area contributed by atoms with Gasteiger partial charge in [0.05, 0.1) is 5.69 Å². The standard InChI is InChI=1S/C12H15N3.2ClH/c1-2-8-15-9-11(14-12(15)3-1)10-4-6-13-7-5-10;;/h1-3,8-10,13H,4-7H2;2*1H. The van der Waals surface area contributed by atoms with E-state index in [0.29, 0.717) is 5.92 Å². The molecule has 17 heavy (non-hydrogen) atoms. The van der Waals surface area contributed by atoms with Crippen LogP contribution in [-0.4, -0.2) is 22.5 Å². The molecule has 0 aromatic carbocycles. The number of aromatic nitrogens is 2. The largest absolute Gasteiger partial charge is 0.317 e. The van der Waals surface area contributed by atoms with Gasteiger partial charge in [0.15, 0.2) is 0 Å². The number of halogens is 2. The highest BCUT2D eigenvalue weighted by atomic mass is 35.5. The van der Waals surface area contributed by atoms with Gasteiger partial charge in [-0.15, -0.1) is 24.8 Å². The Hall–Kier alpha value is -0.770. The first-order chi connectivity index (χ1) is 7.43. The fraction of sp³-hybridized carbons (Fsp3) is 0.417. The monoisotopic (exact) mass is 273 g/mol. The predicted octanol–water partition coefficient (Wildman–Crippen LogP) is 2.64. The number of pyridine rings is 1. The van der Waals surface area contributed by atoms with Crippen molar-refractivity contribution in [3.8, 4) is 0 Å². The van der Waals surface area contributed by atoms with Crippen LogP contribution in [0.4, 0.5) is 0 Å². The molecule has 1 aliphatic heterocycles. The average Bonchev–Trinajstić information content (AvgIpc) is 2.74. The van der Waals surface area contributed by atoms with Crippen molar-refractivity contribution in [3.05, 3.63) is 36.3 Å². The second-order valence-corrected chi connectivity index (χ2v) is 4.16. The second-order valence-electron chi connectivity index (χ2n) is 4.16. The van der Waals surface area contributed by atoms with Crippen LogP contribution in [0.5, 0.6) is 0 Å². The lowest BCUT2D eigenvalue weighted by Gasteiger charge is -2.20. The lowest BCUT2D eigenvalue weighted by molar-refractivity contribution is 0.454. The smallest absolute Gasteiger partial charge is 0.136 e. The molecule has 2 aromatic heterocycles. The van der Waals surface area contributed by atoms with Gasteiger partial charge >= 0.3 is 0 Å². The van der Waals surface area contributed by atoms with E-state index in [4.69, 9.17) is 0 Å². The summed E-state index contributed by atoms with van der Waals surface area (Å²) in [5.74, 6) is 0.645. The van der Waals surface area contributed by atoms with Gasteiger partial charge in [-0.2, -0.15) is 0 Å². The Kier molecular flexibility index (Phi) is 5.25. The van der Waals surface area contributed by atoms with Gasteiger partial charge in [-0.1, -0.05) is 6.07 Å². The quantitative estimate of drug-likeness (QED) is 0.866. The highest BCUT2D eigenvalue weighted by Crippen LogP contribution is 2.24. The van der Waals surface area contributed by atoms with Crippen molar-refractivity contribution in [1.29, 1.82) is 0 Å². The Morgan fingerprint density at radius 2 is 1.94 bits per heavy atom. The Morgan fingerprint density at radius 1 is 1.18 bits per heavy atom. The van der Waals surface area contributed by atoms with E-state index in [1.165, 1.54) is 18.5 Å². The average molecular weight is 274 g/mol. The fourth-order valence-electron chi connectivity index (χ4n) is 2.27. The molecule has 0 unspecified atom stereocenters. The molecule has 1 aliphatic rings. The zero-order chi connectivity index (χ0) is 10.1. The van der Waals surface area contributed by atoms with Crippen LogP contribution in [0, 0.1) is 0 Å². The van der Waals surface area contributed by atoms with Crippen molar-refractivity contribution in [3.63, 3.8) is 0 Å². The molecule has 0 saturated carbocycles. The molecule has 3 nitrogen and oxygen atoms in total. The van der Waals surface area contributed by atoms with Crippen molar-refractivity contribution in [1.82, 2.24) is 14.7 Å². The van der Waals surface area contributed by atoms with E-state index in [9.17, 15) is 0 Å². The third kappa shape index (κ3) is 2.92. The van der Waals surface area contributed by atoms with Crippen LogP contribution in [0.2, 0.25) is 0 Å². The highest BCUT2D eigenvalue weighted by molar-refractivity contribution is 5.85. The maximum Gasteiger partial charge on any atom is 0.136 e. The van der Waals surface area contributed by atoms with Crippen LogP contribution in [0.15, 0.2) is 30.6 Å². The SMILES string of the molecule is Cl.Cl.c1ccn2cc(C3CCNCC3)nc2c1. The molecule has 0 radical (unpaired) electrons. The van der Waals surface area contributed by atoms with Gasteiger partial charge in [0.25, 0.3) is 0 Å². The van der Waals surface area contributed by atoms with E-state index >= 15 is 0 Å². The first-order valence-electron chi connectivity index (χ1n) is 5.58. The van der Waals surface area contributed by atoms with Crippen LogP contribution in [0.1, 0.15) is 24.5 Å². The summed E-state index contributed by atoms with van der Waals surface area (Å²) in [6.07, 6.45) is 6.66. The van der Waals surface area contributed by atoms with Crippen molar-refractivity contribution in [2.45, 2.75) is 18.8 Å². The lowest BCUT2D eigenvalue weighted by atomic mass is 9.95. The molecule has 3 heterocycles. The zero-order valence-corrected chi connectivity index (χ0v) is 11.1. The summed E-state index contributed by atoms with van der Waals surface area (Å²) < 4.78 is 2.11. The fourth-order valence-corrected chi connectivity index (χ4v) is 2.27. The minimum Gasteiger partial charge on any atom is -0.317 e. The summed E-state index contributed by atoms with van der Waals surface area (Å²) in [4.78, 5) is 4.67. The van der Waals surface area contributed by atoms with E-state index in [1.807, 2.05) is 12.1 Å². The van der Waals surface area contributed by atoms with Crippen molar-refractivity contribution >= 4 is 30.5 Å². The Morgan fingerprint density at radius 3 is 2.65 bits per heavy atom. The second kappa shape index (κ2) is 6.24. The molecule has 1 fully saturated rings. The molecule has 3 rings (SSSR count). The number of nitrogens with one attached hydrogen (secondary N) is 1. The van der Waals surface area contributed by atoms with E-state index in [0.717, 1.165) is 18.7 Å². The van der Waals surface area contributed by atoms with Gasteiger partial charge in [0.2, 0.25) is 0 Å². The number of hydrogen-bond acceptors (Lipinski definition) is 2. The lowest BCUT2D eigenvalue weighted by Crippen LogP contribution is -2.26. The molecule has 0 amide bonds. The molecule has 0 aliphatic carbocycles. The normalized spacial score (nSPS) is 16.2. The summed E-state index contributed by atoms with van der Waals surface area (Å²) in [7, 11) is 0. The molecule has 1 N–H and O–H groups in total. The van der Waals surface area contributed by atoms with Gasteiger partial charge in [0.1, 0.15) is 5.65 Å². The molecule has 2 aromatic rings. The third-order valence-corrected chi connectivity index (χ3v) is 3.14. The van der Waals surface area contributed by atoms with E-state index in [1.54, 1.807) is 0 Å². The number of rotatable bonds is 1. The number of fused-ring (bicyclic) bond motifs is 1. The number of hydrogen-bond donors (Lipinski definition) is 1. The summed E-state index contributed by atoms with van der Waals surface area (Å²) >= 11 is 0. The van der Waals surface area contributed by atoms with Crippen LogP contribution in [0.3, 0.4) is 0 Å². The molecule has 94 valence electrons. The number of piperidine rings is 1. The van der Waals surface area contributed by atoms with Gasteiger partial charge in [-0.25, -0.2) is 4.98 Å². The topological polar surface area (TPSA) is 29.3 Å². The molecular formula is C12H17Cl2N3. The van der Waals surface area contributed by atoms with Crippen LogP contribution >= 0.6 is 24.8 Å². The van der Waals surface area contributed by atoms with E-state index < -0.39 is 0 Å². The van der Waals surface area contributed by atoms with Gasteiger partial charge in [-0.3, -0.25) is 0 Å². The predicted molar refractivity (Wildman–Crippen MR) is 74.5 cm³/mol. The molecular weight excluding hydrogens is 257 g/mol. The van der Waals surface area contributed by atoms with Crippen LogP contribution < -0.4 is 5.32 Å². The van der Waals surface area contributed by atoms with Crippen LogP contribution in [-0.2, 0) is 0 Å². The van der Waals surface area contributed by atoms with Crippen molar-refractivity contribution in [2.24, 2.45) is 0 Å². The Balaban J connectivity index is 0.000000722. The maximum absolute atomic E-state index is 4.67. The highest BCUT2D eigenvalue weighted by Gasteiger charge is 2.17. The van der Waals surface area contributed by atoms with E-state index in [-0.39, 0.29) is 24.8 Å². The van der Waals surface area contributed by atoms with Gasteiger partial charge in [0, 0.05) is 18.3 Å². The van der Waals surface area contributed by atoms with E-state index in [2.05, 4.69) is 33.2 Å². The minimum absolute atomic E-state index is 0. The minimum atomic E-state index is 0. The maximum atomic E-state index is 4.67. The summed E-state index contributed by atoms with van der Waals surface area (Å²) in [6.45, 7) is 2.25. The zero-order valence-electron chi connectivity index (χ0n) is 9.50. The molecule has 0 atom stereocenters. The van der Waals surface area contributed by atoms with Crippen LogP contribution in [0.25, 0.3) is 5.65 Å². The molecule has 0 spiro atoms. The molecule has 0 bridgehead atoms.